The Morgan fingerprint density at radius 1 is 0.952 bits per heavy atom. The normalized spacial score (nSPS) is 24.1. The molecule has 21 heavy (non-hydrogen) atoms. The van der Waals surface area contributed by atoms with E-state index in [4.69, 9.17) is 27.4 Å². The highest BCUT2D eigenvalue weighted by atomic mass is 35.5. The van der Waals surface area contributed by atoms with Crippen LogP contribution in [0.25, 0.3) is 0 Å². The predicted octanol–water partition coefficient (Wildman–Crippen LogP) is 3.64. The number of benzene rings is 2. The molecule has 0 spiro atoms. The maximum absolute atomic E-state index is 11.8. The fraction of sp³-hybridized carbons (Fsp3) is 0.143. The minimum atomic E-state index is -3.80. The van der Waals surface area contributed by atoms with Crippen LogP contribution >= 0.6 is 23.2 Å². The lowest BCUT2D eigenvalue weighted by atomic mass is 9.97. The van der Waals surface area contributed by atoms with Gasteiger partial charge in [0.25, 0.3) is 0 Å². The van der Waals surface area contributed by atoms with Gasteiger partial charge in [0.2, 0.25) is 0 Å². The molecule has 110 valence electrons. The first kappa shape index (κ1) is 14.8. The molecule has 1 N–H and O–H groups in total. The molecule has 1 heterocycles. The van der Waals surface area contributed by atoms with E-state index in [9.17, 15) is 8.42 Å². The lowest BCUT2D eigenvalue weighted by Gasteiger charge is -2.17. The molecular weight excluding hydrogens is 333 g/mol. The molecule has 1 fully saturated rings. The van der Waals surface area contributed by atoms with Gasteiger partial charge in [-0.05, 0) is 35.4 Å². The molecule has 0 aliphatic carbocycles. The van der Waals surface area contributed by atoms with Crippen molar-refractivity contribution >= 4 is 33.5 Å². The van der Waals surface area contributed by atoms with Crippen LogP contribution in [0.5, 0.6) is 0 Å². The SMILES string of the molecule is O=S1(=O)N[C@@H](c2cccc(Cl)c2)[C@@H](c2cccc(Cl)c2)O1. The third-order valence-electron chi connectivity index (χ3n) is 3.19. The molecule has 3 rings (SSSR count). The molecule has 0 saturated carbocycles. The Morgan fingerprint density at radius 2 is 1.52 bits per heavy atom. The summed E-state index contributed by atoms with van der Waals surface area (Å²) in [5, 5.41) is 1.05. The van der Waals surface area contributed by atoms with Crippen molar-refractivity contribution in [1.82, 2.24) is 4.72 Å². The minimum absolute atomic E-state index is 0.519. The highest BCUT2D eigenvalue weighted by Crippen LogP contribution is 2.39. The molecular formula is C14H11Cl2NO3S. The third-order valence-corrected chi connectivity index (χ3v) is 4.66. The van der Waals surface area contributed by atoms with Gasteiger partial charge in [0.15, 0.2) is 0 Å². The van der Waals surface area contributed by atoms with Crippen LogP contribution in [0.15, 0.2) is 48.5 Å². The second kappa shape index (κ2) is 5.59. The number of halogens is 2. The van der Waals surface area contributed by atoms with Crippen molar-refractivity contribution in [2.45, 2.75) is 12.1 Å². The van der Waals surface area contributed by atoms with Gasteiger partial charge in [-0.15, -0.1) is 0 Å². The minimum Gasteiger partial charge on any atom is -0.248 e. The molecule has 0 amide bonds. The molecule has 2 atom stereocenters. The van der Waals surface area contributed by atoms with Crippen molar-refractivity contribution in [1.29, 1.82) is 0 Å². The van der Waals surface area contributed by atoms with Gasteiger partial charge in [-0.3, -0.25) is 0 Å². The van der Waals surface area contributed by atoms with Gasteiger partial charge < -0.3 is 0 Å². The van der Waals surface area contributed by atoms with Gasteiger partial charge in [0.1, 0.15) is 6.10 Å². The highest BCUT2D eigenvalue weighted by molar-refractivity contribution is 7.85. The van der Waals surface area contributed by atoms with Crippen molar-refractivity contribution in [2.75, 3.05) is 0 Å². The number of hydrogen-bond acceptors (Lipinski definition) is 3. The van der Waals surface area contributed by atoms with Gasteiger partial charge in [-0.2, -0.15) is 13.1 Å². The fourth-order valence-electron chi connectivity index (χ4n) is 2.31. The van der Waals surface area contributed by atoms with Gasteiger partial charge in [0.05, 0.1) is 6.04 Å². The van der Waals surface area contributed by atoms with E-state index in [-0.39, 0.29) is 0 Å². The number of rotatable bonds is 2. The van der Waals surface area contributed by atoms with E-state index in [1.54, 1.807) is 48.5 Å². The van der Waals surface area contributed by atoms with E-state index in [1.165, 1.54) is 0 Å². The molecule has 7 heteroatoms. The predicted molar refractivity (Wildman–Crippen MR) is 81.5 cm³/mol. The topological polar surface area (TPSA) is 55.4 Å². The molecule has 4 nitrogen and oxygen atoms in total. The Morgan fingerprint density at radius 3 is 2.14 bits per heavy atom. The smallest absolute Gasteiger partial charge is 0.248 e. The number of nitrogens with one attached hydrogen (secondary N) is 1. The Balaban J connectivity index is 2.05. The third kappa shape index (κ3) is 3.22. The Hall–Kier alpha value is -1.11. The summed E-state index contributed by atoms with van der Waals surface area (Å²) in [4.78, 5) is 0. The average molecular weight is 344 g/mol. The highest BCUT2D eigenvalue weighted by Gasteiger charge is 2.40. The zero-order valence-electron chi connectivity index (χ0n) is 10.7. The van der Waals surface area contributed by atoms with Crippen LogP contribution < -0.4 is 4.72 Å². The summed E-state index contributed by atoms with van der Waals surface area (Å²) in [6, 6.07) is 13.4. The maximum atomic E-state index is 11.8. The summed E-state index contributed by atoms with van der Waals surface area (Å²) < 4.78 is 31.2. The van der Waals surface area contributed by atoms with Crippen molar-refractivity contribution in [3.8, 4) is 0 Å². The zero-order valence-corrected chi connectivity index (χ0v) is 13.0. The van der Waals surface area contributed by atoms with Crippen LogP contribution in [0.4, 0.5) is 0 Å². The van der Waals surface area contributed by atoms with E-state index in [1.807, 2.05) is 0 Å². The van der Waals surface area contributed by atoms with E-state index in [0.29, 0.717) is 15.6 Å². The molecule has 0 aromatic heterocycles. The number of hydrogen-bond donors (Lipinski definition) is 1. The molecule has 1 aliphatic heterocycles. The first-order valence-corrected chi connectivity index (χ1v) is 8.32. The van der Waals surface area contributed by atoms with Crippen molar-refractivity contribution in [3.63, 3.8) is 0 Å². The van der Waals surface area contributed by atoms with Crippen LogP contribution in [0.2, 0.25) is 10.0 Å². The first-order valence-electron chi connectivity index (χ1n) is 6.16. The second-order valence-corrected chi connectivity index (χ2v) is 6.89. The first-order chi connectivity index (χ1) is 9.94. The average Bonchev–Trinajstić information content (AvgIpc) is 2.75. The fourth-order valence-corrected chi connectivity index (χ4v) is 3.83. The van der Waals surface area contributed by atoms with Crippen molar-refractivity contribution in [2.24, 2.45) is 0 Å². The molecule has 1 saturated heterocycles. The van der Waals surface area contributed by atoms with Crippen LogP contribution in [-0.2, 0) is 14.5 Å². The summed E-state index contributed by atoms with van der Waals surface area (Å²) in [6.07, 6.45) is -0.688. The second-order valence-electron chi connectivity index (χ2n) is 4.68. The summed E-state index contributed by atoms with van der Waals surface area (Å²) in [6.45, 7) is 0. The van der Waals surface area contributed by atoms with Gasteiger partial charge >= 0.3 is 10.3 Å². The Labute approximate surface area is 132 Å². The summed E-state index contributed by atoms with van der Waals surface area (Å²) in [5.74, 6) is 0. The van der Waals surface area contributed by atoms with Crippen LogP contribution in [0, 0.1) is 0 Å². The van der Waals surface area contributed by atoms with E-state index in [0.717, 1.165) is 5.56 Å². The Kier molecular flexibility index (Phi) is 3.94. The van der Waals surface area contributed by atoms with Gasteiger partial charge in [0, 0.05) is 10.0 Å². The van der Waals surface area contributed by atoms with Crippen LogP contribution in [-0.4, -0.2) is 8.42 Å². The maximum Gasteiger partial charge on any atom is 0.337 e. The van der Waals surface area contributed by atoms with Crippen molar-refractivity contribution < 1.29 is 12.6 Å². The Bertz CT molecular complexity index is 720. The quantitative estimate of drug-likeness (QED) is 0.905. The summed E-state index contributed by atoms with van der Waals surface area (Å²) in [5.41, 5.74) is 1.41. The van der Waals surface area contributed by atoms with Gasteiger partial charge in [-0.25, -0.2) is 4.18 Å². The molecule has 0 radical (unpaired) electrons. The monoisotopic (exact) mass is 343 g/mol. The van der Waals surface area contributed by atoms with Gasteiger partial charge in [-0.1, -0.05) is 47.5 Å². The molecule has 1 aliphatic rings. The lowest BCUT2D eigenvalue weighted by Crippen LogP contribution is -2.20. The van der Waals surface area contributed by atoms with E-state index >= 15 is 0 Å². The van der Waals surface area contributed by atoms with E-state index < -0.39 is 22.4 Å². The molecule has 0 bridgehead atoms. The summed E-state index contributed by atoms with van der Waals surface area (Å²) >= 11 is 11.9. The van der Waals surface area contributed by atoms with E-state index in [2.05, 4.69) is 4.72 Å². The largest absolute Gasteiger partial charge is 0.337 e. The standard InChI is InChI=1S/C14H11Cl2NO3S/c15-11-5-1-3-9(7-11)13-14(20-21(18,19)17-13)10-4-2-6-12(16)8-10/h1-8,13-14,17H/t13-,14+/m0/s1. The molecule has 2 aromatic rings. The van der Waals surface area contributed by atoms with Crippen molar-refractivity contribution in [3.05, 3.63) is 69.7 Å². The summed E-state index contributed by atoms with van der Waals surface area (Å²) in [7, 11) is -3.80. The zero-order chi connectivity index (χ0) is 15.0. The van der Waals surface area contributed by atoms with Crippen LogP contribution in [0.1, 0.15) is 23.3 Å². The van der Waals surface area contributed by atoms with Crippen LogP contribution in [0.3, 0.4) is 0 Å². The molecule has 0 unspecified atom stereocenters. The lowest BCUT2D eigenvalue weighted by molar-refractivity contribution is 0.220. The molecule has 2 aromatic carbocycles.